The number of imide groups is 1. The molecular formula is C14H26N2O3. The van der Waals surface area contributed by atoms with Gasteiger partial charge in [-0.15, -0.1) is 0 Å². The number of hydrogen-bond donors (Lipinski definition) is 1. The average molecular weight is 270 g/mol. The van der Waals surface area contributed by atoms with Gasteiger partial charge in [0.1, 0.15) is 0 Å². The smallest absolute Gasteiger partial charge is 0.246 e. The van der Waals surface area contributed by atoms with Gasteiger partial charge in [0.05, 0.1) is 19.1 Å². The Morgan fingerprint density at radius 2 is 2.11 bits per heavy atom. The van der Waals surface area contributed by atoms with Gasteiger partial charge >= 0.3 is 0 Å². The number of nitrogens with zero attached hydrogens (tertiary/aromatic N) is 1. The van der Waals surface area contributed by atoms with E-state index in [9.17, 15) is 9.59 Å². The van der Waals surface area contributed by atoms with Crippen LogP contribution in [0.25, 0.3) is 0 Å². The maximum Gasteiger partial charge on any atom is 0.246 e. The molecule has 1 saturated heterocycles. The quantitative estimate of drug-likeness (QED) is 0.505. The second-order valence-electron chi connectivity index (χ2n) is 5.39. The second-order valence-corrected chi connectivity index (χ2v) is 5.39. The van der Waals surface area contributed by atoms with Crippen molar-refractivity contribution >= 4 is 11.8 Å². The molecule has 1 rings (SSSR count). The lowest BCUT2D eigenvalue weighted by molar-refractivity contribution is -0.138. The van der Waals surface area contributed by atoms with E-state index in [0.29, 0.717) is 25.6 Å². The Balaban J connectivity index is 2.17. The van der Waals surface area contributed by atoms with Crippen LogP contribution in [0.5, 0.6) is 0 Å². The molecule has 0 bridgehead atoms. The molecule has 0 aromatic rings. The van der Waals surface area contributed by atoms with E-state index in [1.54, 1.807) is 0 Å². The van der Waals surface area contributed by atoms with Crippen molar-refractivity contribution in [2.75, 3.05) is 26.3 Å². The Morgan fingerprint density at radius 1 is 1.37 bits per heavy atom. The molecular weight excluding hydrogens is 244 g/mol. The van der Waals surface area contributed by atoms with Crippen molar-refractivity contribution in [3.8, 4) is 0 Å². The minimum Gasteiger partial charge on any atom is -0.380 e. The summed E-state index contributed by atoms with van der Waals surface area (Å²) in [5.41, 5.74) is 0. The molecule has 1 atom stereocenters. The number of carbonyl (C=O) groups is 2. The van der Waals surface area contributed by atoms with Crippen LogP contribution >= 0.6 is 0 Å². The number of carbonyl (C=O) groups excluding carboxylic acids is 2. The van der Waals surface area contributed by atoms with Crippen molar-refractivity contribution in [3.63, 3.8) is 0 Å². The van der Waals surface area contributed by atoms with E-state index in [0.717, 1.165) is 19.4 Å². The molecule has 0 radical (unpaired) electrons. The molecule has 1 unspecified atom stereocenters. The molecule has 5 nitrogen and oxygen atoms in total. The number of amides is 2. The highest BCUT2D eigenvalue weighted by molar-refractivity contribution is 6.05. The first-order chi connectivity index (χ1) is 9.06. The van der Waals surface area contributed by atoms with Crippen molar-refractivity contribution in [2.24, 2.45) is 5.92 Å². The molecule has 1 heterocycles. The lowest BCUT2D eigenvalue weighted by Gasteiger charge is -2.14. The summed E-state index contributed by atoms with van der Waals surface area (Å²) in [4.78, 5) is 24.9. The standard InChI is InChI=1S/C14H26N2O3/c1-4-7-16-13(17)10-12(14(16)18)15-6-9-19-8-5-11(2)3/h11-12,15H,4-10H2,1-3H3. The molecule has 0 aliphatic carbocycles. The van der Waals surface area contributed by atoms with Gasteiger partial charge in [-0.25, -0.2) is 0 Å². The van der Waals surface area contributed by atoms with Crippen molar-refractivity contribution < 1.29 is 14.3 Å². The molecule has 0 aromatic carbocycles. The van der Waals surface area contributed by atoms with Crippen LogP contribution in [0.4, 0.5) is 0 Å². The van der Waals surface area contributed by atoms with Gasteiger partial charge < -0.3 is 10.1 Å². The first-order valence-electron chi connectivity index (χ1n) is 7.21. The number of hydrogen-bond acceptors (Lipinski definition) is 4. The highest BCUT2D eigenvalue weighted by Gasteiger charge is 2.37. The fraction of sp³-hybridized carbons (Fsp3) is 0.857. The third kappa shape index (κ3) is 5.28. The lowest BCUT2D eigenvalue weighted by Crippen LogP contribution is -2.40. The number of ether oxygens (including phenoxy) is 1. The minimum absolute atomic E-state index is 0.0647. The van der Waals surface area contributed by atoms with E-state index in [2.05, 4.69) is 19.2 Å². The van der Waals surface area contributed by atoms with Crippen molar-refractivity contribution in [2.45, 2.75) is 46.1 Å². The van der Waals surface area contributed by atoms with Crippen LogP contribution in [0.3, 0.4) is 0 Å². The molecule has 5 heteroatoms. The fourth-order valence-corrected chi connectivity index (χ4v) is 2.03. The van der Waals surface area contributed by atoms with Crippen LogP contribution in [0, 0.1) is 5.92 Å². The molecule has 1 aliphatic rings. The molecule has 0 saturated carbocycles. The summed E-state index contributed by atoms with van der Waals surface area (Å²) in [5, 5.41) is 3.10. The zero-order valence-electron chi connectivity index (χ0n) is 12.3. The average Bonchev–Trinajstić information content (AvgIpc) is 2.61. The topological polar surface area (TPSA) is 58.6 Å². The Labute approximate surface area is 115 Å². The largest absolute Gasteiger partial charge is 0.380 e. The maximum atomic E-state index is 11.9. The van der Waals surface area contributed by atoms with Crippen molar-refractivity contribution in [1.82, 2.24) is 10.2 Å². The molecule has 1 aliphatic heterocycles. The molecule has 0 spiro atoms. The third-order valence-corrected chi connectivity index (χ3v) is 3.17. The van der Waals surface area contributed by atoms with Gasteiger partial charge in [-0.2, -0.15) is 0 Å². The SMILES string of the molecule is CCCN1C(=O)CC(NCCOCCC(C)C)C1=O. The summed E-state index contributed by atoms with van der Waals surface area (Å²) in [5.74, 6) is 0.490. The number of nitrogens with one attached hydrogen (secondary N) is 1. The van der Waals surface area contributed by atoms with Gasteiger partial charge in [-0.3, -0.25) is 14.5 Å². The molecule has 1 N–H and O–H groups in total. The monoisotopic (exact) mass is 270 g/mol. The van der Waals surface area contributed by atoms with Crippen molar-refractivity contribution in [1.29, 1.82) is 0 Å². The van der Waals surface area contributed by atoms with Crippen LogP contribution in [0.15, 0.2) is 0 Å². The van der Waals surface area contributed by atoms with Crippen LogP contribution in [0.1, 0.15) is 40.0 Å². The van der Waals surface area contributed by atoms with E-state index in [4.69, 9.17) is 4.74 Å². The predicted molar refractivity (Wildman–Crippen MR) is 73.7 cm³/mol. The summed E-state index contributed by atoms with van der Waals surface area (Å²) in [6.45, 7) is 8.75. The zero-order chi connectivity index (χ0) is 14.3. The fourth-order valence-electron chi connectivity index (χ4n) is 2.03. The minimum atomic E-state index is -0.354. The van der Waals surface area contributed by atoms with Gasteiger partial charge in [-0.1, -0.05) is 20.8 Å². The van der Waals surface area contributed by atoms with Crippen molar-refractivity contribution in [3.05, 3.63) is 0 Å². The van der Waals surface area contributed by atoms with Crippen LogP contribution in [-0.4, -0.2) is 49.1 Å². The summed E-state index contributed by atoms with van der Waals surface area (Å²) in [6.07, 6.45) is 2.14. The predicted octanol–water partition coefficient (Wildman–Crippen LogP) is 1.18. The highest BCUT2D eigenvalue weighted by atomic mass is 16.5. The zero-order valence-corrected chi connectivity index (χ0v) is 12.3. The van der Waals surface area contributed by atoms with Crippen LogP contribution in [-0.2, 0) is 14.3 Å². The van der Waals surface area contributed by atoms with E-state index in [1.165, 1.54) is 4.90 Å². The third-order valence-electron chi connectivity index (χ3n) is 3.17. The molecule has 110 valence electrons. The Hall–Kier alpha value is -0.940. The van der Waals surface area contributed by atoms with E-state index in [-0.39, 0.29) is 24.3 Å². The van der Waals surface area contributed by atoms with E-state index < -0.39 is 0 Å². The Kier molecular flexibility index (Phi) is 7.02. The number of rotatable bonds is 9. The Morgan fingerprint density at radius 3 is 2.74 bits per heavy atom. The lowest BCUT2D eigenvalue weighted by atomic mass is 10.1. The summed E-state index contributed by atoms with van der Waals surface area (Å²) in [6, 6.07) is -0.354. The molecule has 19 heavy (non-hydrogen) atoms. The molecule has 0 aromatic heterocycles. The Bertz CT molecular complexity index is 305. The van der Waals surface area contributed by atoms with Gasteiger partial charge in [0.25, 0.3) is 0 Å². The van der Waals surface area contributed by atoms with E-state index in [1.807, 2.05) is 6.92 Å². The van der Waals surface area contributed by atoms with Gasteiger partial charge in [0.2, 0.25) is 11.8 Å². The van der Waals surface area contributed by atoms with Gasteiger partial charge in [0, 0.05) is 19.7 Å². The van der Waals surface area contributed by atoms with Gasteiger partial charge in [0.15, 0.2) is 0 Å². The van der Waals surface area contributed by atoms with Crippen LogP contribution in [0.2, 0.25) is 0 Å². The highest BCUT2D eigenvalue weighted by Crippen LogP contribution is 2.13. The summed E-state index contributed by atoms with van der Waals surface area (Å²) < 4.78 is 5.47. The van der Waals surface area contributed by atoms with Crippen LogP contribution < -0.4 is 5.32 Å². The summed E-state index contributed by atoms with van der Waals surface area (Å²) in [7, 11) is 0. The van der Waals surface area contributed by atoms with Gasteiger partial charge in [-0.05, 0) is 18.8 Å². The van der Waals surface area contributed by atoms with E-state index >= 15 is 0 Å². The molecule has 1 fully saturated rings. The first-order valence-corrected chi connectivity index (χ1v) is 7.21. The maximum absolute atomic E-state index is 11.9. The second kappa shape index (κ2) is 8.27. The first kappa shape index (κ1) is 16.1. The molecule has 2 amide bonds. The summed E-state index contributed by atoms with van der Waals surface area (Å²) >= 11 is 0. The number of likely N-dealkylation sites (tertiary alicyclic amines) is 1. The normalized spacial score (nSPS) is 19.8.